The van der Waals surface area contributed by atoms with Crippen LogP contribution in [0.2, 0.25) is 0 Å². The van der Waals surface area contributed by atoms with Gasteiger partial charge in [-0.25, -0.2) is 4.72 Å². The van der Waals surface area contributed by atoms with Crippen LogP contribution in [-0.2, 0) is 10.2 Å². The SMILES string of the molecule is NCC1CCCN(S(=O)(=O)Nc2nncs2)C1. The van der Waals surface area contributed by atoms with Crippen LogP contribution >= 0.6 is 11.3 Å². The second-order valence-electron chi connectivity index (χ2n) is 3.95. The standard InChI is InChI=1S/C8H15N5O2S2/c9-4-7-2-1-3-13(5-7)17(14,15)12-8-11-10-6-16-8/h6-7H,1-5,9H2,(H,11,12). The molecular formula is C8H15N5O2S2. The Morgan fingerprint density at radius 3 is 3.12 bits per heavy atom. The Morgan fingerprint density at radius 2 is 2.47 bits per heavy atom. The molecule has 0 aromatic carbocycles. The lowest BCUT2D eigenvalue weighted by atomic mass is 10.0. The summed E-state index contributed by atoms with van der Waals surface area (Å²) >= 11 is 1.16. The number of anilines is 1. The van der Waals surface area contributed by atoms with E-state index in [2.05, 4.69) is 14.9 Å². The van der Waals surface area contributed by atoms with Crippen molar-refractivity contribution in [2.24, 2.45) is 11.7 Å². The van der Waals surface area contributed by atoms with E-state index in [0.29, 0.717) is 24.8 Å². The highest BCUT2D eigenvalue weighted by Crippen LogP contribution is 2.20. The van der Waals surface area contributed by atoms with Gasteiger partial charge in [0.2, 0.25) is 5.13 Å². The summed E-state index contributed by atoms with van der Waals surface area (Å²) in [7, 11) is -3.51. The fourth-order valence-corrected chi connectivity index (χ4v) is 3.79. The van der Waals surface area contributed by atoms with Gasteiger partial charge in [0.15, 0.2) is 0 Å². The van der Waals surface area contributed by atoms with Gasteiger partial charge in [0.05, 0.1) is 0 Å². The Bertz CT molecular complexity index is 446. The maximum absolute atomic E-state index is 12.0. The molecule has 0 bridgehead atoms. The molecule has 1 saturated heterocycles. The lowest BCUT2D eigenvalue weighted by Gasteiger charge is -2.30. The molecule has 9 heteroatoms. The summed E-state index contributed by atoms with van der Waals surface area (Å²) in [5.41, 5.74) is 7.07. The van der Waals surface area contributed by atoms with Crippen molar-refractivity contribution in [3.05, 3.63) is 5.51 Å². The Morgan fingerprint density at radius 1 is 1.65 bits per heavy atom. The fraction of sp³-hybridized carbons (Fsp3) is 0.750. The van der Waals surface area contributed by atoms with E-state index >= 15 is 0 Å². The molecule has 1 aliphatic rings. The first kappa shape index (κ1) is 12.7. The van der Waals surface area contributed by atoms with Gasteiger partial charge in [-0.15, -0.1) is 10.2 Å². The molecule has 0 amide bonds. The molecule has 1 fully saturated rings. The summed E-state index contributed by atoms with van der Waals surface area (Å²) in [5, 5.41) is 7.54. The maximum atomic E-state index is 12.0. The van der Waals surface area contributed by atoms with E-state index in [1.54, 1.807) is 0 Å². The zero-order chi connectivity index (χ0) is 12.3. The monoisotopic (exact) mass is 277 g/mol. The van der Waals surface area contributed by atoms with Crippen LogP contribution in [-0.4, -0.2) is 42.6 Å². The van der Waals surface area contributed by atoms with E-state index in [-0.39, 0.29) is 5.92 Å². The Balaban J connectivity index is 2.04. The minimum atomic E-state index is -3.51. The van der Waals surface area contributed by atoms with Gasteiger partial charge >= 0.3 is 10.2 Å². The van der Waals surface area contributed by atoms with Gasteiger partial charge in [-0.05, 0) is 25.3 Å². The molecule has 17 heavy (non-hydrogen) atoms. The number of hydrogen-bond acceptors (Lipinski definition) is 6. The van der Waals surface area contributed by atoms with Crippen LogP contribution in [0.3, 0.4) is 0 Å². The molecule has 2 heterocycles. The van der Waals surface area contributed by atoms with E-state index in [0.717, 1.165) is 24.2 Å². The molecule has 1 atom stereocenters. The highest BCUT2D eigenvalue weighted by Gasteiger charge is 2.28. The Kier molecular flexibility index (Phi) is 3.92. The first-order valence-electron chi connectivity index (χ1n) is 5.36. The Hall–Kier alpha value is -0.770. The summed E-state index contributed by atoms with van der Waals surface area (Å²) in [5.74, 6) is 0.245. The minimum Gasteiger partial charge on any atom is -0.330 e. The van der Waals surface area contributed by atoms with Crippen molar-refractivity contribution >= 4 is 26.7 Å². The molecule has 1 unspecified atom stereocenters. The molecule has 1 aromatic heterocycles. The largest absolute Gasteiger partial charge is 0.330 e. The summed E-state index contributed by atoms with van der Waals surface area (Å²) in [4.78, 5) is 0. The number of aromatic nitrogens is 2. The number of nitrogens with one attached hydrogen (secondary N) is 1. The highest BCUT2D eigenvalue weighted by atomic mass is 32.2. The van der Waals surface area contributed by atoms with Gasteiger partial charge in [-0.2, -0.15) is 12.7 Å². The maximum Gasteiger partial charge on any atom is 0.303 e. The first-order chi connectivity index (χ1) is 8.12. The summed E-state index contributed by atoms with van der Waals surface area (Å²) < 4.78 is 27.9. The number of rotatable bonds is 4. The summed E-state index contributed by atoms with van der Waals surface area (Å²) in [6, 6.07) is 0. The fourth-order valence-electron chi connectivity index (χ4n) is 1.83. The predicted octanol–water partition coefficient (Wildman–Crippen LogP) is -0.135. The van der Waals surface area contributed by atoms with Crippen LogP contribution in [0.15, 0.2) is 5.51 Å². The van der Waals surface area contributed by atoms with Crippen molar-refractivity contribution in [3.8, 4) is 0 Å². The average molecular weight is 277 g/mol. The molecular weight excluding hydrogens is 262 g/mol. The van der Waals surface area contributed by atoms with Gasteiger partial charge in [-0.3, -0.25) is 0 Å². The molecule has 0 radical (unpaired) electrons. The normalized spacial score (nSPS) is 22.5. The summed E-state index contributed by atoms with van der Waals surface area (Å²) in [6.07, 6.45) is 1.83. The molecule has 0 saturated carbocycles. The average Bonchev–Trinajstić information content (AvgIpc) is 2.81. The lowest BCUT2D eigenvalue weighted by molar-refractivity contribution is 0.273. The van der Waals surface area contributed by atoms with Crippen molar-refractivity contribution in [3.63, 3.8) is 0 Å². The molecule has 1 aliphatic heterocycles. The molecule has 1 aromatic rings. The second kappa shape index (κ2) is 5.25. The first-order valence-corrected chi connectivity index (χ1v) is 7.68. The topological polar surface area (TPSA) is 101 Å². The van der Waals surface area contributed by atoms with Crippen molar-refractivity contribution in [2.45, 2.75) is 12.8 Å². The molecule has 96 valence electrons. The third-order valence-electron chi connectivity index (χ3n) is 2.73. The van der Waals surface area contributed by atoms with Gasteiger partial charge < -0.3 is 5.73 Å². The molecule has 0 spiro atoms. The minimum absolute atomic E-state index is 0.245. The van der Waals surface area contributed by atoms with E-state index in [9.17, 15) is 8.42 Å². The van der Waals surface area contributed by atoms with E-state index in [1.807, 2.05) is 0 Å². The van der Waals surface area contributed by atoms with Gasteiger partial charge in [0.1, 0.15) is 5.51 Å². The smallest absolute Gasteiger partial charge is 0.303 e. The van der Waals surface area contributed by atoms with Crippen LogP contribution in [0.25, 0.3) is 0 Å². The van der Waals surface area contributed by atoms with E-state index in [4.69, 9.17) is 5.73 Å². The number of hydrogen-bond donors (Lipinski definition) is 2. The van der Waals surface area contributed by atoms with Crippen molar-refractivity contribution in [1.29, 1.82) is 0 Å². The van der Waals surface area contributed by atoms with Gasteiger partial charge in [-0.1, -0.05) is 11.3 Å². The van der Waals surface area contributed by atoms with Crippen molar-refractivity contribution < 1.29 is 8.42 Å². The van der Waals surface area contributed by atoms with Gasteiger partial charge in [0.25, 0.3) is 0 Å². The third kappa shape index (κ3) is 3.12. The quantitative estimate of drug-likeness (QED) is 0.798. The third-order valence-corrected chi connectivity index (χ3v) is 4.93. The van der Waals surface area contributed by atoms with E-state index < -0.39 is 10.2 Å². The van der Waals surface area contributed by atoms with Crippen molar-refractivity contribution in [1.82, 2.24) is 14.5 Å². The van der Waals surface area contributed by atoms with Crippen LogP contribution < -0.4 is 10.5 Å². The molecule has 7 nitrogen and oxygen atoms in total. The lowest BCUT2D eigenvalue weighted by Crippen LogP contribution is -2.44. The van der Waals surface area contributed by atoms with Crippen LogP contribution in [0, 0.1) is 5.92 Å². The molecule has 2 rings (SSSR count). The number of nitrogens with two attached hydrogens (primary N) is 1. The summed E-state index contributed by atoms with van der Waals surface area (Å²) in [6.45, 7) is 1.53. The van der Waals surface area contributed by atoms with Crippen LogP contribution in [0.4, 0.5) is 5.13 Å². The zero-order valence-corrected chi connectivity index (χ0v) is 10.9. The van der Waals surface area contributed by atoms with Gasteiger partial charge in [0, 0.05) is 13.1 Å². The highest BCUT2D eigenvalue weighted by molar-refractivity contribution is 7.90. The Labute approximate surface area is 104 Å². The van der Waals surface area contributed by atoms with Crippen LogP contribution in [0.5, 0.6) is 0 Å². The molecule has 3 N–H and O–H groups in total. The zero-order valence-electron chi connectivity index (χ0n) is 9.24. The predicted molar refractivity (Wildman–Crippen MR) is 65.8 cm³/mol. The molecule has 0 aliphatic carbocycles. The van der Waals surface area contributed by atoms with Crippen molar-refractivity contribution in [2.75, 3.05) is 24.4 Å². The number of piperidine rings is 1. The second-order valence-corrected chi connectivity index (χ2v) is 6.46. The van der Waals surface area contributed by atoms with Crippen LogP contribution in [0.1, 0.15) is 12.8 Å². The number of nitrogens with zero attached hydrogens (tertiary/aromatic N) is 3. The van der Waals surface area contributed by atoms with E-state index in [1.165, 1.54) is 9.82 Å².